The second kappa shape index (κ2) is 5.55. The summed E-state index contributed by atoms with van der Waals surface area (Å²) in [4.78, 5) is 0. The van der Waals surface area contributed by atoms with Crippen molar-refractivity contribution in [3.63, 3.8) is 0 Å². The summed E-state index contributed by atoms with van der Waals surface area (Å²) >= 11 is 0. The van der Waals surface area contributed by atoms with Gasteiger partial charge in [0.05, 0.1) is 19.0 Å². The highest BCUT2D eigenvalue weighted by Gasteiger charge is 2.08. The summed E-state index contributed by atoms with van der Waals surface area (Å²) < 4.78 is 6.79. The molecule has 0 saturated carbocycles. The smallest absolute Gasteiger partial charge is 0.130 e. The second-order valence-electron chi connectivity index (χ2n) is 3.99. The summed E-state index contributed by atoms with van der Waals surface area (Å²) in [5.41, 5.74) is 7.88. The van der Waals surface area contributed by atoms with Gasteiger partial charge in [0.2, 0.25) is 0 Å². The molecule has 0 unspecified atom stereocenters. The van der Waals surface area contributed by atoms with E-state index < -0.39 is 0 Å². The number of hydrogen-bond acceptors (Lipinski definition) is 4. The summed E-state index contributed by atoms with van der Waals surface area (Å²) in [5, 5.41) is 13.1. The number of hydrogen-bond donors (Lipinski definition) is 2. The normalized spacial score (nSPS) is 10.6. The van der Waals surface area contributed by atoms with E-state index in [-0.39, 0.29) is 6.61 Å². The Hall–Kier alpha value is -2.01. The Morgan fingerprint density at radius 1 is 1.33 bits per heavy atom. The van der Waals surface area contributed by atoms with Crippen molar-refractivity contribution < 1.29 is 9.84 Å². The van der Waals surface area contributed by atoms with Crippen molar-refractivity contribution in [3.05, 3.63) is 36.0 Å². The van der Waals surface area contributed by atoms with Crippen LogP contribution in [-0.4, -0.2) is 28.6 Å². The molecule has 0 atom stereocenters. The lowest BCUT2D eigenvalue weighted by Crippen LogP contribution is -2.03. The van der Waals surface area contributed by atoms with Crippen LogP contribution in [0.2, 0.25) is 0 Å². The Balaban J connectivity index is 2.24. The number of aliphatic hydroxyl groups is 1. The monoisotopic (exact) mass is 247 g/mol. The van der Waals surface area contributed by atoms with Crippen LogP contribution in [0.25, 0.3) is 5.69 Å². The van der Waals surface area contributed by atoms with Crippen LogP contribution in [0.4, 0.5) is 5.82 Å². The molecule has 0 spiro atoms. The highest BCUT2D eigenvalue weighted by molar-refractivity contribution is 5.48. The van der Waals surface area contributed by atoms with Crippen LogP contribution in [-0.2, 0) is 6.42 Å². The fraction of sp³-hybridized carbons (Fsp3) is 0.308. The van der Waals surface area contributed by atoms with Crippen LogP contribution in [0.3, 0.4) is 0 Å². The van der Waals surface area contributed by atoms with Gasteiger partial charge < -0.3 is 15.6 Å². The molecule has 0 aliphatic carbocycles. The van der Waals surface area contributed by atoms with E-state index in [9.17, 15) is 0 Å². The van der Waals surface area contributed by atoms with E-state index in [0.717, 1.165) is 23.4 Å². The first kappa shape index (κ1) is 12.4. The predicted molar refractivity (Wildman–Crippen MR) is 69.9 cm³/mol. The Morgan fingerprint density at radius 2 is 2.06 bits per heavy atom. The molecule has 18 heavy (non-hydrogen) atoms. The molecular formula is C13H17N3O2. The highest BCUT2D eigenvalue weighted by Crippen LogP contribution is 2.20. The molecule has 0 aliphatic heterocycles. The van der Waals surface area contributed by atoms with Crippen LogP contribution in [0.1, 0.15) is 12.0 Å². The number of nitrogen functional groups attached to an aromatic ring is 1. The standard InChI is InChI=1S/C13H17N3O2/c1-18-12-6-4-11(5-7-12)16-13(14)10(9-15-16)3-2-8-17/h4-7,9,17H,2-3,8,14H2,1H3. The van der Waals surface area contributed by atoms with Gasteiger partial charge in [-0.2, -0.15) is 5.10 Å². The molecule has 0 bridgehead atoms. The summed E-state index contributed by atoms with van der Waals surface area (Å²) in [6.45, 7) is 0.160. The van der Waals surface area contributed by atoms with Crippen molar-refractivity contribution in [2.24, 2.45) is 0 Å². The SMILES string of the molecule is COc1ccc(-n2ncc(CCCO)c2N)cc1. The lowest BCUT2D eigenvalue weighted by molar-refractivity contribution is 0.288. The first-order chi connectivity index (χ1) is 8.76. The van der Waals surface area contributed by atoms with Crippen molar-refractivity contribution in [3.8, 4) is 11.4 Å². The van der Waals surface area contributed by atoms with E-state index in [1.165, 1.54) is 0 Å². The van der Waals surface area contributed by atoms with E-state index >= 15 is 0 Å². The molecule has 1 aromatic heterocycles. The van der Waals surface area contributed by atoms with Crippen molar-refractivity contribution >= 4 is 5.82 Å². The molecule has 0 radical (unpaired) electrons. The molecule has 1 aromatic carbocycles. The van der Waals surface area contributed by atoms with E-state index in [1.807, 2.05) is 24.3 Å². The minimum atomic E-state index is 0.160. The number of ether oxygens (including phenoxy) is 1. The number of anilines is 1. The quantitative estimate of drug-likeness (QED) is 0.837. The van der Waals surface area contributed by atoms with Crippen LogP contribution in [0, 0.1) is 0 Å². The number of nitrogens with zero attached hydrogens (tertiary/aromatic N) is 2. The van der Waals surface area contributed by atoms with Gasteiger partial charge in [-0.25, -0.2) is 4.68 Å². The largest absolute Gasteiger partial charge is 0.497 e. The molecule has 0 amide bonds. The minimum absolute atomic E-state index is 0.160. The number of rotatable bonds is 5. The Morgan fingerprint density at radius 3 is 2.67 bits per heavy atom. The van der Waals surface area contributed by atoms with Crippen molar-refractivity contribution in [2.45, 2.75) is 12.8 Å². The molecule has 0 aliphatic rings. The minimum Gasteiger partial charge on any atom is -0.497 e. The van der Waals surface area contributed by atoms with E-state index in [2.05, 4.69) is 5.10 Å². The van der Waals surface area contributed by atoms with Crippen molar-refractivity contribution in [1.29, 1.82) is 0 Å². The zero-order valence-corrected chi connectivity index (χ0v) is 10.3. The molecule has 3 N–H and O–H groups in total. The first-order valence-electron chi connectivity index (χ1n) is 5.84. The Kier molecular flexibility index (Phi) is 3.84. The van der Waals surface area contributed by atoms with E-state index in [0.29, 0.717) is 12.2 Å². The molecule has 2 aromatic rings. The van der Waals surface area contributed by atoms with Gasteiger partial charge in [-0.05, 0) is 37.1 Å². The van der Waals surface area contributed by atoms with Crippen LogP contribution in [0.5, 0.6) is 5.75 Å². The first-order valence-corrected chi connectivity index (χ1v) is 5.84. The summed E-state index contributed by atoms with van der Waals surface area (Å²) in [6.07, 6.45) is 3.17. The maximum Gasteiger partial charge on any atom is 0.130 e. The van der Waals surface area contributed by atoms with E-state index in [4.69, 9.17) is 15.6 Å². The van der Waals surface area contributed by atoms with Gasteiger partial charge in [0.15, 0.2) is 0 Å². The molecular weight excluding hydrogens is 230 g/mol. The zero-order chi connectivity index (χ0) is 13.0. The number of nitrogens with two attached hydrogens (primary N) is 1. The van der Waals surface area contributed by atoms with Crippen molar-refractivity contribution in [2.75, 3.05) is 19.5 Å². The molecule has 5 heteroatoms. The van der Waals surface area contributed by atoms with Crippen LogP contribution in [0.15, 0.2) is 30.5 Å². The third-order valence-corrected chi connectivity index (χ3v) is 2.81. The third-order valence-electron chi connectivity index (χ3n) is 2.81. The summed E-state index contributed by atoms with van der Waals surface area (Å²) in [5.74, 6) is 1.42. The van der Waals surface area contributed by atoms with Gasteiger partial charge in [-0.1, -0.05) is 0 Å². The molecule has 96 valence electrons. The fourth-order valence-electron chi connectivity index (χ4n) is 1.78. The lowest BCUT2D eigenvalue weighted by Gasteiger charge is -2.06. The van der Waals surface area contributed by atoms with Crippen LogP contribution < -0.4 is 10.5 Å². The maximum absolute atomic E-state index is 8.82. The third kappa shape index (κ3) is 2.46. The number of aromatic nitrogens is 2. The zero-order valence-electron chi connectivity index (χ0n) is 10.3. The molecule has 0 fully saturated rings. The average molecular weight is 247 g/mol. The number of aliphatic hydroxyl groups excluding tert-OH is 1. The van der Waals surface area contributed by atoms with Gasteiger partial charge in [0.1, 0.15) is 11.6 Å². The van der Waals surface area contributed by atoms with E-state index in [1.54, 1.807) is 18.0 Å². The topological polar surface area (TPSA) is 73.3 Å². The fourth-order valence-corrected chi connectivity index (χ4v) is 1.78. The van der Waals surface area contributed by atoms with Crippen molar-refractivity contribution in [1.82, 2.24) is 9.78 Å². The van der Waals surface area contributed by atoms with Gasteiger partial charge in [-0.3, -0.25) is 0 Å². The summed E-state index contributed by atoms with van der Waals surface area (Å²) in [7, 11) is 1.63. The Bertz CT molecular complexity index is 505. The van der Waals surface area contributed by atoms with Crippen LogP contribution >= 0.6 is 0 Å². The Labute approximate surface area is 106 Å². The summed E-state index contributed by atoms with van der Waals surface area (Å²) in [6, 6.07) is 7.53. The predicted octanol–water partition coefficient (Wildman–Crippen LogP) is 1.39. The van der Waals surface area contributed by atoms with Gasteiger partial charge in [0, 0.05) is 12.2 Å². The molecule has 0 saturated heterocycles. The lowest BCUT2D eigenvalue weighted by atomic mass is 10.2. The molecule has 1 heterocycles. The number of aryl methyl sites for hydroxylation is 1. The second-order valence-corrected chi connectivity index (χ2v) is 3.99. The molecule has 5 nitrogen and oxygen atoms in total. The van der Waals surface area contributed by atoms with Gasteiger partial charge >= 0.3 is 0 Å². The van der Waals surface area contributed by atoms with Gasteiger partial charge in [-0.15, -0.1) is 0 Å². The highest BCUT2D eigenvalue weighted by atomic mass is 16.5. The van der Waals surface area contributed by atoms with Gasteiger partial charge in [0.25, 0.3) is 0 Å². The number of methoxy groups -OCH3 is 1. The maximum atomic E-state index is 8.82. The number of benzene rings is 1. The molecule has 2 rings (SSSR count). The average Bonchev–Trinajstić information content (AvgIpc) is 2.78.